The predicted octanol–water partition coefficient (Wildman–Crippen LogP) is 5.05. The maximum atomic E-state index is 13.9. The van der Waals surface area contributed by atoms with Crippen LogP contribution >= 0.6 is 11.6 Å². The van der Waals surface area contributed by atoms with E-state index in [1.165, 1.54) is 18.2 Å². The summed E-state index contributed by atoms with van der Waals surface area (Å²) in [6.45, 7) is 1.85. The van der Waals surface area contributed by atoms with Gasteiger partial charge in [0.2, 0.25) is 0 Å². The molecule has 0 saturated heterocycles. The van der Waals surface area contributed by atoms with Gasteiger partial charge in [-0.25, -0.2) is 9.22 Å². The molecular weight excluding hydrogens is 375 g/mol. The number of rotatable bonds is 4. The zero-order chi connectivity index (χ0) is 18.7. The van der Waals surface area contributed by atoms with Crippen LogP contribution in [0.2, 0.25) is 5.02 Å². The summed E-state index contributed by atoms with van der Waals surface area (Å²) in [5.74, 6) is -0.593. The first-order chi connectivity index (χ1) is 12.4. The van der Waals surface area contributed by atoms with Crippen LogP contribution in [0.3, 0.4) is 0 Å². The zero-order valence-electron chi connectivity index (χ0n) is 14.4. The number of nitrogens with one attached hydrogen (secondary N) is 1. The first-order valence-corrected chi connectivity index (χ1v) is 10.4. The third-order valence-electron chi connectivity index (χ3n) is 4.41. The average Bonchev–Trinajstić information content (AvgIpc) is 2.63. The van der Waals surface area contributed by atoms with Crippen LogP contribution in [0.25, 0.3) is 11.1 Å². The molecule has 0 aliphatic heterocycles. The highest BCUT2D eigenvalue weighted by atomic mass is 35.5. The molecule has 138 valence electrons. The number of hydrogen-bond donors (Lipinski definition) is 1. The quantitative estimate of drug-likeness (QED) is 0.737. The summed E-state index contributed by atoms with van der Waals surface area (Å²) in [6.07, 6.45) is 4.83. The third kappa shape index (κ3) is 4.24. The SMILES string of the molecule is Cc1ccc(S(=O)(=O)NN=C2CCCCC2)c(-c2ccc(Cl)c(F)c2)c1. The van der Waals surface area contributed by atoms with Gasteiger partial charge in [0.1, 0.15) is 5.82 Å². The molecule has 7 heteroatoms. The van der Waals surface area contributed by atoms with Crippen molar-refractivity contribution in [2.45, 2.75) is 43.9 Å². The molecule has 1 N–H and O–H groups in total. The van der Waals surface area contributed by atoms with Crippen LogP contribution in [0.5, 0.6) is 0 Å². The summed E-state index contributed by atoms with van der Waals surface area (Å²) in [6, 6.07) is 9.19. The minimum atomic E-state index is -3.87. The molecule has 1 aliphatic rings. The molecule has 0 amide bonds. The van der Waals surface area contributed by atoms with Crippen molar-refractivity contribution in [1.29, 1.82) is 0 Å². The first kappa shape index (κ1) is 18.9. The molecule has 1 saturated carbocycles. The minimum Gasteiger partial charge on any atom is -0.205 e. The molecule has 4 nitrogen and oxygen atoms in total. The zero-order valence-corrected chi connectivity index (χ0v) is 16.0. The van der Waals surface area contributed by atoms with E-state index in [2.05, 4.69) is 9.93 Å². The number of sulfonamides is 1. The lowest BCUT2D eigenvalue weighted by Gasteiger charge is -2.14. The third-order valence-corrected chi connectivity index (χ3v) is 5.98. The largest absolute Gasteiger partial charge is 0.277 e. The standard InChI is InChI=1S/C19H20ClFN2O2S/c1-13-7-10-19(16(11-13)14-8-9-17(20)18(21)12-14)26(24,25)23-22-15-5-3-2-4-6-15/h7-12,23H,2-6H2,1H3. The molecule has 0 spiro atoms. The van der Waals surface area contributed by atoms with Crippen molar-refractivity contribution in [3.63, 3.8) is 0 Å². The van der Waals surface area contributed by atoms with Crippen molar-refractivity contribution in [3.05, 3.63) is 52.8 Å². The Balaban J connectivity index is 2.00. The van der Waals surface area contributed by atoms with Gasteiger partial charge in [-0.1, -0.05) is 41.8 Å². The van der Waals surface area contributed by atoms with E-state index in [-0.39, 0.29) is 9.92 Å². The number of benzene rings is 2. The van der Waals surface area contributed by atoms with Gasteiger partial charge in [0, 0.05) is 11.3 Å². The number of halogens is 2. The topological polar surface area (TPSA) is 58.5 Å². The fourth-order valence-corrected chi connectivity index (χ4v) is 4.19. The van der Waals surface area contributed by atoms with Crippen molar-refractivity contribution in [3.8, 4) is 11.1 Å². The summed E-state index contributed by atoms with van der Waals surface area (Å²) >= 11 is 5.74. The van der Waals surface area contributed by atoms with Crippen molar-refractivity contribution in [2.24, 2.45) is 5.10 Å². The maximum absolute atomic E-state index is 13.9. The van der Waals surface area contributed by atoms with Crippen LogP contribution in [-0.4, -0.2) is 14.1 Å². The van der Waals surface area contributed by atoms with Crippen molar-refractivity contribution in [1.82, 2.24) is 4.83 Å². The number of aryl methyl sites for hydroxylation is 1. The first-order valence-electron chi connectivity index (χ1n) is 8.50. The lowest BCUT2D eigenvalue weighted by atomic mass is 9.99. The highest BCUT2D eigenvalue weighted by molar-refractivity contribution is 7.89. The Morgan fingerprint density at radius 2 is 1.81 bits per heavy atom. The molecule has 0 heterocycles. The van der Waals surface area contributed by atoms with Gasteiger partial charge in [-0.05, 0) is 56.4 Å². The second kappa shape index (κ2) is 7.76. The van der Waals surface area contributed by atoms with E-state index >= 15 is 0 Å². The Bertz CT molecular complexity index is 950. The molecule has 2 aromatic carbocycles. The van der Waals surface area contributed by atoms with Crippen molar-refractivity contribution in [2.75, 3.05) is 0 Å². The minimum absolute atomic E-state index is 0.00682. The number of nitrogens with zero attached hydrogens (tertiary/aromatic N) is 1. The van der Waals surface area contributed by atoms with E-state index in [1.54, 1.807) is 18.2 Å². The summed E-state index contributed by atoms with van der Waals surface area (Å²) in [5, 5.41) is 4.10. The van der Waals surface area contributed by atoms with Gasteiger partial charge >= 0.3 is 0 Å². The monoisotopic (exact) mass is 394 g/mol. The van der Waals surface area contributed by atoms with E-state index in [9.17, 15) is 12.8 Å². The van der Waals surface area contributed by atoms with E-state index in [0.717, 1.165) is 43.4 Å². The van der Waals surface area contributed by atoms with Gasteiger partial charge in [0.15, 0.2) is 0 Å². The Morgan fingerprint density at radius 3 is 2.50 bits per heavy atom. The van der Waals surface area contributed by atoms with Crippen LogP contribution < -0.4 is 4.83 Å². The molecule has 3 rings (SSSR count). The lowest BCUT2D eigenvalue weighted by molar-refractivity contribution is 0.583. The number of hydrazone groups is 1. The second-order valence-corrected chi connectivity index (χ2v) is 8.50. The highest BCUT2D eigenvalue weighted by Gasteiger charge is 2.20. The highest BCUT2D eigenvalue weighted by Crippen LogP contribution is 2.30. The Hall–Kier alpha value is -1.92. The summed E-state index contributed by atoms with van der Waals surface area (Å²) in [5.41, 5.74) is 2.59. The molecule has 0 radical (unpaired) electrons. The molecule has 2 aromatic rings. The molecule has 0 bridgehead atoms. The smallest absolute Gasteiger partial charge is 0.205 e. The fourth-order valence-electron chi connectivity index (χ4n) is 3.01. The van der Waals surface area contributed by atoms with Crippen LogP contribution in [0, 0.1) is 12.7 Å². The van der Waals surface area contributed by atoms with E-state index in [1.807, 2.05) is 6.92 Å². The summed E-state index contributed by atoms with van der Waals surface area (Å²) in [4.78, 5) is 2.40. The Kier molecular flexibility index (Phi) is 5.63. The molecule has 1 aliphatic carbocycles. The van der Waals surface area contributed by atoms with E-state index in [0.29, 0.717) is 11.1 Å². The van der Waals surface area contributed by atoms with Crippen molar-refractivity contribution >= 4 is 27.3 Å². The molecule has 26 heavy (non-hydrogen) atoms. The molecule has 1 fully saturated rings. The summed E-state index contributed by atoms with van der Waals surface area (Å²) < 4.78 is 39.5. The van der Waals surface area contributed by atoms with Gasteiger partial charge in [0.25, 0.3) is 10.0 Å². The Morgan fingerprint density at radius 1 is 1.08 bits per heavy atom. The molecular formula is C19H20ClFN2O2S. The van der Waals surface area contributed by atoms with Crippen molar-refractivity contribution < 1.29 is 12.8 Å². The molecule has 0 atom stereocenters. The van der Waals surface area contributed by atoms with Gasteiger partial charge in [0.05, 0.1) is 9.92 Å². The van der Waals surface area contributed by atoms with Gasteiger partial charge in [-0.2, -0.15) is 13.5 Å². The molecule has 0 unspecified atom stereocenters. The fraction of sp³-hybridized carbons (Fsp3) is 0.316. The average molecular weight is 395 g/mol. The van der Waals surface area contributed by atoms with Crippen LogP contribution in [0.1, 0.15) is 37.7 Å². The van der Waals surface area contributed by atoms with E-state index < -0.39 is 15.8 Å². The van der Waals surface area contributed by atoms with Crippen LogP contribution in [0.15, 0.2) is 46.4 Å². The normalized spacial score (nSPS) is 15.0. The van der Waals surface area contributed by atoms with Gasteiger partial charge in [-0.15, -0.1) is 0 Å². The van der Waals surface area contributed by atoms with Crippen LogP contribution in [-0.2, 0) is 10.0 Å². The summed E-state index contributed by atoms with van der Waals surface area (Å²) in [7, 11) is -3.87. The number of hydrogen-bond acceptors (Lipinski definition) is 3. The van der Waals surface area contributed by atoms with Gasteiger partial charge < -0.3 is 0 Å². The second-order valence-electron chi connectivity index (χ2n) is 6.46. The molecule has 0 aromatic heterocycles. The van der Waals surface area contributed by atoms with Gasteiger partial charge in [-0.3, -0.25) is 0 Å². The van der Waals surface area contributed by atoms with Crippen LogP contribution in [0.4, 0.5) is 4.39 Å². The maximum Gasteiger partial charge on any atom is 0.277 e. The predicted molar refractivity (Wildman–Crippen MR) is 102 cm³/mol. The lowest BCUT2D eigenvalue weighted by Crippen LogP contribution is -2.22. The Labute approximate surface area is 158 Å². The van der Waals surface area contributed by atoms with E-state index in [4.69, 9.17) is 11.6 Å².